The molecule has 1 aromatic heterocycles. The highest BCUT2D eigenvalue weighted by molar-refractivity contribution is 6.00. The van der Waals surface area contributed by atoms with Crippen LogP contribution in [0.5, 0.6) is 0 Å². The fourth-order valence-corrected chi connectivity index (χ4v) is 0.722. The molecule has 0 aliphatic carbocycles. The Morgan fingerprint density at radius 3 is 2.58 bits per heavy atom. The molecule has 1 aromatic rings. The number of hydrogen-bond acceptors (Lipinski definition) is 2. The number of nitrogens with two attached hydrogens (primary N) is 2. The van der Waals surface area contributed by atoms with Gasteiger partial charge in [0.05, 0.1) is 0 Å². The second-order valence-electron chi connectivity index (χ2n) is 2.25. The predicted octanol–water partition coefficient (Wildman–Crippen LogP) is 0.00162. The molecule has 64 valence electrons. The molecule has 0 radical (unpaired) electrons. The zero-order valence-corrected chi connectivity index (χ0v) is 6.57. The molecular formula is C7H9N3O2. The van der Waals surface area contributed by atoms with E-state index < -0.39 is 5.91 Å². The Morgan fingerprint density at radius 2 is 2.17 bits per heavy atom. The van der Waals surface area contributed by atoms with Gasteiger partial charge in [-0.25, -0.2) is 0 Å². The molecule has 0 saturated carbocycles. The van der Waals surface area contributed by atoms with Crippen molar-refractivity contribution in [1.29, 1.82) is 0 Å². The Balaban J connectivity index is 2.86. The van der Waals surface area contributed by atoms with E-state index >= 15 is 0 Å². The van der Waals surface area contributed by atoms with Crippen LogP contribution < -0.4 is 11.5 Å². The van der Waals surface area contributed by atoms with Gasteiger partial charge in [-0.1, -0.05) is 0 Å². The Morgan fingerprint density at radius 1 is 1.50 bits per heavy atom. The van der Waals surface area contributed by atoms with E-state index in [4.69, 9.17) is 15.9 Å². The molecule has 0 spiro atoms. The largest absolute Gasteiger partial charge is 0.456 e. The first-order valence-corrected chi connectivity index (χ1v) is 3.30. The van der Waals surface area contributed by atoms with Crippen LogP contribution in [0, 0.1) is 6.92 Å². The minimum absolute atomic E-state index is 0.140. The lowest BCUT2D eigenvalue weighted by Crippen LogP contribution is -2.24. The molecule has 0 fully saturated rings. The van der Waals surface area contributed by atoms with Crippen molar-refractivity contribution in [3.63, 3.8) is 0 Å². The van der Waals surface area contributed by atoms with Gasteiger partial charge in [-0.3, -0.25) is 4.79 Å². The average molecular weight is 167 g/mol. The van der Waals surface area contributed by atoms with Gasteiger partial charge >= 0.3 is 5.91 Å². The normalized spacial score (nSPS) is 9.42. The standard InChI is InChI=1S/C7H9N3O2/c1-4-2-3-5(12-4)6(11)10-7(8)9/h2-3H,1H3,(H4,8,9,10,11). The molecule has 0 aliphatic heterocycles. The average Bonchev–Trinajstić information content (AvgIpc) is 2.34. The summed E-state index contributed by atoms with van der Waals surface area (Å²) in [4.78, 5) is 14.3. The summed E-state index contributed by atoms with van der Waals surface area (Å²) in [5.74, 6) is -0.0535. The van der Waals surface area contributed by atoms with E-state index in [0.29, 0.717) is 5.76 Å². The molecular weight excluding hydrogens is 158 g/mol. The molecule has 1 heterocycles. The minimum Gasteiger partial charge on any atom is -0.456 e. The number of carbonyl (C=O) groups excluding carboxylic acids is 1. The van der Waals surface area contributed by atoms with E-state index in [-0.39, 0.29) is 11.7 Å². The molecule has 0 aromatic carbocycles. The number of nitrogens with zero attached hydrogens (tertiary/aromatic N) is 1. The van der Waals surface area contributed by atoms with E-state index in [9.17, 15) is 4.79 Å². The van der Waals surface area contributed by atoms with Crippen LogP contribution in [0.2, 0.25) is 0 Å². The van der Waals surface area contributed by atoms with E-state index in [2.05, 4.69) is 4.99 Å². The molecule has 1 rings (SSSR count). The highest BCUT2D eigenvalue weighted by Gasteiger charge is 2.07. The molecule has 0 aliphatic rings. The van der Waals surface area contributed by atoms with Crippen LogP contribution >= 0.6 is 0 Å². The summed E-state index contributed by atoms with van der Waals surface area (Å²) in [5, 5.41) is 0. The second-order valence-corrected chi connectivity index (χ2v) is 2.25. The summed E-state index contributed by atoms with van der Waals surface area (Å²) in [6, 6.07) is 3.18. The predicted molar refractivity (Wildman–Crippen MR) is 43.6 cm³/mol. The Bertz CT molecular complexity index is 323. The maximum Gasteiger partial charge on any atom is 0.315 e. The number of aryl methyl sites for hydroxylation is 1. The molecule has 1 amide bonds. The zero-order valence-electron chi connectivity index (χ0n) is 6.57. The molecule has 0 unspecified atom stereocenters. The lowest BCUT2D eigenvalue weighted by molar-refractivity contribution is 0.0975. The summed E-state index contributed by atoms with van der Waals surface area (Å²) in [7, 11) is 0. The fraction of sp³-hybridized carbons (Fsp3) is 0.143. The Hall–Kier alpha value is -1.78. The van der Waals surface area contributed by atoms with E-state index in [0.717, 1.165) is 0 Å². The zero-order chi connectivity index (χ0) is 9.14. The van der Waals surface area contributed by atoms with Crippen LogP contribution in [0.3, 0.4) is 0 Å². The number of rotatable bonds is 1. The summed E-state index contributed by atoms with van der Waals surface area (Å²) in [6.07, 6.45) is 0. The van der Waals surface area contributed by atoms with Gasteiger partial charge in [-0.15, -0.1) is 0 Å². The van der Waals surface area contributed by atoms with Gasteiger partial charge in [-0.2, -0.15) is 4.99 Å². The lowest BCUT2D eigenvalue weighted by atomic mass is 10.4. The number of hydrogen-bond donors (Lipinski definition) is 2. The third kappa shape index (κ3) is 1.85. The van der Waals surface area contributed by atoms with Crippen molar-refractivity contribution in [2.75, 3.05) is 0 Å². The highest BCUT2D eigenvalue weighted by atomic mass is 16.3. The summed E-state index contributed by atoms with van der Waals surface area (Å²) in [6.45, 7) is 1.73. The number of guanidine groups is 1. The minimum atomic E-state index is -0.567. The van der Waals surface area contributed by atoms with Gasteiger partial charge in [-0.05, 0) is 19.1 Å². The number of aliphatic imine (C=N–C) groups is 1. The highest BCUT2D eigenvalue weighted by Crippen LogP contribution is 2.06. The smallest absolute Gasteiger partial charge is 0.315 e. The van der Waals surface area contributed by atoms with E-state index in [1.54, 1.807) is 13.0 Å². The number of carbonyl (C=O) groups is 1. The van der Waals surface area contributed by atoms with Gasteiger partial charge in [0.2, 0.25) is 0 Å². The van der Waals surface area contributed by atoms with Crippen molar-refractivity contribution in [2.24, 2.45) is 16.5 Å². The van der Waals surface area contributed by atoms with E-state index in [1.807, 2.05) is 0 Å². The van der Waals surface area contributed by atoms with Gasteiger partial charge in [0.1, 0.15) is 5.76 Å². The molecule has 0 saturated heterocycles. The third-order valence-electron chi connectivity index (χ3n) is 1.18. The Labute approximate surface area is 69.1 Å². The molecule has 0 atom stereocenters. The first-order valence-electron chi connectivity index (χ1n) is 3.30. The summed E-state index contributed by atoms with van der Waals surface area (Å²) in [5.41, 5.74) is 10.0. The van der Waals surface area contributed by atoms with Crippen molar-refractivity contribution in [1.82, 2.24) is 0 Å². The van der Waals surface area contributed by atoms with Crippen LogP contribution in [0.1, 0.15) is 16.3 Å². The first-order chi connectivity index (χ1) is 5.59. The summed E-state index contributed by atoms with van der Waals surface area (Å²) >= 11 is 0. The maximum atomic E-state index is 11.0. The molecule has 12 heavy (non-hydrogen) atoms. The monoisotopic (exact) mass is 167 g/mol. The first kappa shape index (κ1) is 8.32. The molecule has 0 bridgehead atoms. The molecule has 4 N–H and O–H groups in total. The van der Waals surface area contributed by atoms with Crippen molar-refractivity contribution in [2.45, 2.75) is 6.92 Å². The van der Waals surface area contributed by atoms with Gasteiger partial charge in [0, 0.05) is 0 Å². The van der Waals surface area contributed by atoms with Gasteiger partial charge in [0.15, 0.2) is 11.7 Å². The van der Waals surface area contributed by atoms with Crippen molar-refractivity contribution >= 4 is 11.9 Å². The molecule has 5 nitrogen and oxygen atoms in total. The van der Waals surface area contributed by atoms with Gasteiger partial charge < -0.3 is 15.9 Å². The SMILES string of the molecule is Cc1ccc(C(=O)N=C(N)N)o1. The van der Waals surface area contributed by atoms with Gasteiger partial charge in [0.25, 0.3) is 0 Å². The van der Waals surface area contributed by atoms with Crippen LogP contribution in [0.4, 0.5) is 0 Å². The van der Waals surface area contributed by atoms with Crippen LogP contribution in [-0.4, -0.2) is 11.9 Å². The second kappa shape index (κ2) is 3.08. The topological polar surface area (TPSA) is 94.6 Å². The number of furan rings is 1. The van der Waals surface area contributed by atoms with Crippen LogP contribution in [0.15, 0.2) is 21.5 Å². The quantitative estimate of drug-likeness (QED) is 0.454. The van der Waals surface area contributed by atoms with Crippen molar-refractivity contribution in [3.8, 4) is 0 Å². The molecule has 5 heteroatoms. The summed E-state index contributed by atoms with van der Waals surface area (Å²) < 4.78 is 4.98. The fourth-order valence-electron chi connectivity index (χ4n) is 0.722. The third-order valence-corrected chi connectivity index (χ3v) is 1.18. The van der Waals surface area contributed by atoms with E-state index in [1.165, 1.54) is 6.07 Å². The van der Waals surface area contributed by atoms with Crippen molar-refractivity contribution in [3.05, 3.63) is 23.7 Å². The van der Waals surface area contributed by atoms with Crippen molar-refractivity contribution < 1.29 is 9.21 Å². The maximum absolute atomic E-state index is 11.0. The lowest BCUT2D eigenvalue weighted by Gasteiger charge is -1.89. The Kier molecular flexibility index (Phi) is 2.14. The van der Waals surface area contributed by atoms with Crippen LogP contribution in [-0.2, 0) is 0 Å². The van der Waals surface area contributed by atoms with Crippen LogP contribution in [0.25, 0.3) is 0 Å². The number of amides is 1.